The molecule has 0 spiro atoms. The van der Waals surface area contributed by atoms with Gasteiger partial charge >= 0.3 is 5.97 Å². The number of hydrogen-bond donors (Lipinski definition) is 1. The maximum atomic E-state index is 12.1. The fraction of sp³-hybridized carbons (Fsp3) is 0.429. The molecule has 0 atom stereocenters. The lowest BCUT2D eigenvalue weighted by Crippen LogP contribution is -2.28. The Balaban J connectivity index is 1.51. The largest absolute Gasteiger partial charge is 0.496 e. The normalized spacial score (nSPS) is 12.9. The van der Waals surface area contributed by atoms with E-state index in [9.17, 15) is 9.59 Å². The molecule has 10 nitrogen and oxygen atoms in total. The Hall–Kier alpha value is -3.56. The van der Waals surface area contributed by atoms with Crippen molar-refractivity contribution < 1.29 is 28.5 Å². The third kappa shape index (κ3) is 5.53. The number of carbonyl (C=O) groups excluding carboxylic acids is 2. The Morgan fingerprint density at radius 2 is 1.65 bits per heavy atom. The van der Waals surface area contributed by atoms with Crippen LogP contribution in [-0.2, 0) is 16.1 Å². The summed E-state index contributed by atoms with van der Waals surface area (Å²) < 4.78 is 20.9. The maximum absolute atomic E-state index is 12.1. The summed E-state index contributed by atoms with van der Waals surface area (Å²) in [6.45, 7) is 1.58. The molecule has 0 saturated carbocycles. The van der Waals surface area contributed by atoms with Gasteiger partial charge in [0.05, 0.1) is 21.3 Å². The van der Waals surface area contributed by atoms with Gasteiger partial charge in [-0.25, -0.2) is 4.79 Å². The van der Waals surface area contributed by atoms with Crippen LogP contribution in [0, 0.1) is 0 Å². The van der Waals surface area contributed by atoms with E-state index < -0.39 is 18.5 Å². The van der Waals surface area contributed by atoms with E-state index in [0.717, 1.165) is 31.7 Å². The number of nitrogens with zero attached hydrogens (tertiary/aromatic N) is 3. The number of rotatable bonds is 9. The molecule has 3 rings (SSSR count). The van der Waals surface area contributed by atoms with Crippen LogP contribution in [0.25, 0.3) is 0 Å². The van der Waals surface area contributed by atoms with E-state index in [1.807, 2.05) is 0 Å². The molecule has 10 heteroatoms. The highest BCUT2D eigenvalue weighted by Gasteiger charge is 2.17. The van der Waals surface area contributed by atoms with Crippen molar-refractivity contribution in [3.8, 4) is 17.2 Å². The van der Waals surface area contributed by atoms with E-state index in [0.29, 0.717) is 22.8 Å². The van der Waals surface area contributed by atoms with Gasteiger partial charge in [0.1, 0.15) is 5.75 Å². The minimum Gasteiger partial charge on any atom is -0.496 e. The van der Waals surface area contributed by atoms with E-state index in [2.05, 4.69) is 20.4 Å². The lowest BCUT2D eigenvalue weighted by atomic mass is 10.1. The molecular weight excluding hydrogens is 404 g/mol. The SMILES string of the molecule is COc1cc(OC)c(OC)cc1CNC(=O)COC(=O)c1ccc(N2CCCC2)nn1. The Morgan fingerprint density at radius 3 is 2.26 bits per heavy atom. The number of nitrogens with one attached hydrogen (secondary N) is 1. The third-order valence-corrected chi connectivity index (χ3v) is 4.89. The number of anilines is 1. The van der Waals surface area contributed by atoms with Crippen molar-refractivity contribution >= 4 is 17.7 Å². The number of ether oxygens (including phenoxy) is 4. The van der Waals surface area contributed by atoms with Crippen LogP contribution < -0.4 is 24.4 Å². The van der Waals surface area contributed by atoms with E-state index >= 15 is 0 Å². The molecule has 2 aromatic rings. The third-order valence-electron chi connectivity index (χ3n) is 4.89. The van der Waals surface area contributed by atoms with Gasteiger partial charge in [-0.1, -0.05) is 0 Å². The first-order valence-electron chi connectivity index (χ1n) is 9.87. The summed E-state index contributed by atoms with van der Waals surface area (Å²) in [5.41, 5.74) is 0.737. The Bertz CT molecular complexity index is 913. The number of esters is 1. The van der Waals surface area contributed by atoms with Crippen LogP contribution in [0.2, 0.25) is 0 Å². The zero-order valence-electron chi connectivity index (χ0n) is 17.8. The van der Waals surface area contributed by atoms with Crippen molar-refractivity contribution in [2.24, 2.45) is 0 Å². The zero-order valence-corrected chi connectivity index (χ0v) is 17.8. The van der Waals surface area contributed by atoms with Crippen LogP contribution in [0.5, 0.6) is 17.2 Å². The summed E-state index contributed by atoms with van der Waals surface area (Å²) in [5.74, 6) is 1.11. The average molecular weight is 430 g/mol. The summed E-state index contributed by atoms with van der Waals surface area (Å²) in [5, 5.41) is 10.7. The highest BCUT2D eigenvalue weighted by atomic mass is 16.5. The fourth-order valence-corrected chi connectivity index (χ4v) is 3.23. The van der Waals surface area contributed by atoms with E-state index in [-0.39, 0.29) is 12.2 Å². The summed E-state index contributed by atoms with van der Waals surface area (Å²) in [4.78, 5) is 26.4. The fourth-order valence-electron chi connectivity index (χ4n) is 3.23. The predicted octanol–water partition coefficient (Wildman–Crippen LogP) is 1.58. The van der Waals surface area contributed by atoms with E-state index in [1.54, 1.807) is 24.3 Å². The van der Waals surface area contributed by atoms with Gasteiger partial charge in [-0.3, -0.25) is 4.79 Å². The molecule has 1 aliphatic heterocycles. The van der Waals surface area contributed by atoms with Crippen molar-refractivity contribution in [3.05, 3.63) is 35.5 Å². The average Bonchev–Trinajstić information content (AvgIpc) is 3.35. The molecule has 1 saturated heterocycles. The Kier molecular flexibility index (Phi) is 7.47. The van der Waals surface area contributed by atoms with Crippen LogP contribution in [0.1, 0.15) is 28.9 Å². The summed E-state index contributed by atoms with van der Waals surface area (Å²) in [6.07, 6.45) is 2.24. The van der Waals surface area contributed by atoms with Crippen LogP contribution in [0.15, 0.2) is 24.3 Å². The second-order valence-corrected chi connectivity index (χ2v) is 6.84. The topological polar surface area (TPSA) is 112 Å². The molecule has 1 amide bonds. The first kappa shape index (κ1) is 22.1. The first-order chi connectivity index (χ1) is 15.0. The molecule has 2 heterocycles. The van der Waals surface area contributed by atoms with Crippen molar-refractivity contribution in [1.29, 1.82) is 0 Å². The molecule has 0 radical (unpaired) electrons. The molecule has 0 bridgehead atoms. The molecule has 0 aliphatic carbocycles. The number of amides is 1. The number of aromatic nitrogens is 2. The van der Waals surface area contributed by atoms with Crippen LogP contribution in [0.3, 0.4) is 0 Å². The lowest BCUT2D eigenvalue weighted by Gasteiger charge is -2.15. The molecule has 1 fully saturated rings. The molecular formula is C21H26N4O6. The van der Waals surface area contributed by atoms with E-state index in [4.69, 9.17) is 18.9 Å². The molecule has 0 unspecified atom stereocenters. The number of carbonyl (C=O) groups is 2. The van der Waals surface area contributed by atoms with Crippen molar-refractivity contribution in [2.75, 3.05) is 45.9 Å². The molecule has 1 N–H and O–H groups in total. The summed E-state index contributed by atoms with van der Waals surface area (Å²) in [6, 6.07) is 6.67. The Labute approximate surface area is 180 Å². The number of benzene rings is 1. The van der Waals surface area contributed by atoms with E-state index in [1.165, 1.54) is 21.3 Å². The second-order valence-electron chi connectivity index (χ2n) is 6.84. The molecule has 1 aromatic carbocycles. The van der Waals surface area contributed by atoms with Gasteiger partial charge in [0.2, 0.25) is 0 Å². The van der Waals surface area contributed by atoms with Gasteiger partial charge in [-0.05, 0) is 31.0 Å². The van der Waals surface area contributed by atoms with Gasteiger partial charge < -0.3 is 29.2 Å². The summed E-state index contributed by atoms with van der Waals surface area (Å²) >= 11 is 0. The highest BCUT2D eigenvalue weighted by molar-refractivity contribution is 5.89. The van der Waals surface area contributed by atoms with Crippen LogP contribution in [-0.4, -0.2) is 63.1 Å². The van der Waals surface area contributed by atoms with Gasteiger partial charge in [0.15, 0.2) is 29.6 Å². The van der Waals surface area contributed by atoms with Crippen molar-refractivity contribution in [3.63, 3.8) is 0 Å². The highest BCUT2D eigenvalue weighted by Crippen LogP contribution is 2.34. The minimum absolute atomic E-state index is 0.0531. The van der Waals surface area contributed by atoms with Crippen LogP contribution in [0.4, 0.5) is 5.82 Å². The second kappa shape index (κ2) is 10.5. The molecule has 1 aromatic heterocycles. The molecule has 31 heavy (non-hydrogen) atoms. The quantitative estimate of drug-likeness (QED) is 0.593. The first-order valence-corrected chi connectivity index (χ1v) is 9.87. The van der Waals surface area contributed by atoms with Gasteiger partial charge in [-0.15, -0.1) is 10.2 Å². The van der Waals surface area contributed by atoms with Gasteiger partial charge in [-0.2, -0.15) is 0 Å². The zero-order chi connectivity index (χ0) is 22.2. The maximum Gasteiger partial charge on any atom is 0.359 e. The lowest BCUT2D eigenvalue weighted by molar-refractivity contribution is -0.124. The minimum atomic E-state index is -0.709. The number of hydrogen-bond acceptors (Lipinski definition) is 9. The number of methoxy groups -OCH3 is 3. The monoisotopic (exact) mass is 430 g/mol. The summed E-state index contributed by atoms with van der Waals surface area (Å²) in [7, 11) is 4.56. The molecule has 1 aliphatic rings. The predicted molar refractivity (Wildman–Crippen MR) is 112 cm³/mol. The standard InChI is InChI=1S/C21H26N4O6/c1-28-16-11-18(30-3)17(29-2)10-14(16)12-22-20(26)13-31-21(27)15-6-7-19(24-23-15)25-8-4-5-9-25/h6-7,10-11H,4-5,8-9,12-13H2,1-3H3,(H,22,26). The Morgan fingerprint density at radius 1 is 0.968 bits per heavy atom. The van der Waals surface area contributed by atoms with Crippen molar-refractivity contribution in [2.45, 2.75) is 19.4 Å². The van der Waals surface area contributed by atoms with Gasteiger partial charge in [0, 0.05) is 31.3 Å². The van der Waals surface area contributed by atoms with Gasteiger partial charge in [0.25, 0.3) is 5.91 Å². The smallest absolute Gasteiger partial charge is 0.359 e. The van der Waals surface area contributed by atoms with Crippen molar-refractivity contribution in [1.82, 2.24) is 15.5 Å². The van der Waals surface area contributed by atoms with Crippen LogP contribution >= 0.6 is 0 Å². The molecule has 166 valence electrons.